The molecule has 2 aliphatic heterocycles. The van der Waals surface area contributed by atoms with Crippen molar-refractivity contribution >= 4 is 11.7 Å². The minimum Gasteiger partial charge on any atom is -0.356 e. The van der Waals surface area contributed by atoms with E-state index in [-0.39, 0.29) is 11.9 Å². The molecule has 2 saturated heterocycles. The Bertz CT molecular complexity index is 708. The second kappa shape index (κ2) is 7.25. The van der Waals surface area contributed by atoms with Crippen molar-refractivity contribution in [3.05, 3.63) is 42.4 Å². The summed E-state index contributed by atoms with van der Waals surface area (Å²) >= 11 is 0. The first-order valence-electron chi connectivity index (χ1n) is 9.31. The normalized spacial score (nSPS) is 20.9. The van der Waals surface area contributed by atoms with Crippen molar-refractivity contribution in [2.45, 2.75) is 44.7 Å². The lowest BCUT2D eigenvalue weighted by Crippen LogP contribution is -2.40. The molecule has 132 valence electrons. The van der Waals surface area contributed by atoms with Crippen LogP contribution >= 0.6 is 0 Å². The van der Waals surface area contributed by atoms with Crippen molar-refractivity contribution in [2.24, 2.45) is 0 Å². The van der Waals surface area contributed by atoms with Crippen LogP contribution in [0.4, 0.5) is 5.82 Å². The molecule has 2 fully saturated rings. The summed E-state index contributed by atoms with van der Waals surface area (Å²) in [6.45, 7) is 3.57. The highest BCUT2D eigenvalue weighted by atomic mass is 16.2. The van der Waals surface area contributed by atoms with Gasteiger partial charge in [-0.15, -0.1) is 0 Å². The molecule has 0 bridgehead atoms. The Morgan fingerprint density at radius 3 is 2.76 bits per heavy atom. The lowest BCUT2D eigenvalue weighted by atomic mass is 10.1. The fourth-order valence-corrected chi connectivity index (χ4v) is 3.99. The molecule has 4 heterocycles. The van der Waals surface area contributed by atoms with Gasteiger partial charge < -0.3 is 9.80 Å². The van der Waals surface area contributed by atoms with Gasteiger partial charge in [0, 0.05) is 38.2 Å². The number of carbonyl (C=O) groups is 1. The van der Waals surface area contributed by atoms with Crippen LogP contribution in [0.1, 0.15) is 42.5 Å². The molecular weight excluding hydrogens is 314 g/mol. The second-order valence-corrected chi connectivity index (χ2v) is 6.94. The maximum absolute atomic E-state index is 13.3. The monoisotopic (exact) mass is 339 g/mol. The quantitative estimate of drug-likeness (QED) is 0.859. The van der Waals surface area contributed by atoms with Crippen LogP contribution in [0.15, 0.2) is 36.8 Å². The SMILES string of the molecule is O=C(c1cccnc1N1CCCCC1)N1CCCC1Cn1cccn1. The van der Waals surface area contributed by atoms with Gasteiger partial charge in [0.15, 0.2) is 0 Å². The first-order chi connectivity index (χ1) is 12.3. The van der Waals surface area contributed by atoms with E-state index in [1.807, 2.05) is 34.0 Å². The van der Waals surface area contributed by atoms with Gasteiger partial charge in [-0.3, -0.25) is 9.48 Å². The van der Waals surface area contributed by atoms with Gasteiger partial charge in [0.05, 0.1) is 18.2 Å². The van der Waals surface area contributed by atoms with Crippen molar-refractivity contribution in [3.8, 4) is 0 Å². The Kier molecular flexibility index (Phi) is 4.68. The average molecular weight is 339 g/mol. The minimum atomic E-state index is 0.114. The van der Waals surface area contributed by atoms with Gasteiger partial charge in [-0.1, -0.05) is 0 Å². The summed E-state index contributed by atoms with van der Waals surface area (Å²) in [6.07, 6.45) is 11.3. The van der Waals surface area contributed by atoms with Crippen molar-refractivity contribution in [2.75, 3.05) is 24.5 Å². The third kappa shape index (κ3) is 3.38. The van der Waals surface area contributed by atoms with Gasteiger partial charge in [-0.05, 0) is 50.3 Å². The highest BCUT2D eigenvalue weighted by Gasteiger charge is 2.32. The van der Waals surface area contributed by atoms with E-state index in [0.29, 0.717) is 0 Å². The number of hydrogen-bond donors (Lipinski definition) is 0. The van der Waals surface area contributed by atoms with Crippen LogP contribution in [0.2, 0.25) is 0 Å². The van der Waals surface area contributed by atoms with Crippen LogP contribution in [0.5, 0.6) is 0 Å². The Hall–Kier alpha value is -2.37. The molecule has 2 aliphatic rings. The van der Waals surface area contributed by atoms with Gasteiger partial charge in [0.25, 0.3) is 5.91 Å². The number of piperidine rings is 1. The van der Waals surface area contributed by atoms with Gasteiger partial charge in [-0.2, -0.15) is 5.10 Å². The molecule has 6 heteroatoms. The number of pyridine rings is 1. The smallest absolute Gasteiger partial charge is 0.257 e. The summed E-state index contributed by atoms with van der Waals surface area (Å²) in [6, 6.07) is 5.94. The highest BCUT2D eigenvalue weighted by Crippen LogP contribution is 2.27. The summed E-state index contributed by atoms with van der Waals surface area (Å²) in [5.74, 6) is 0.972. The maximum Gasteiger partial charge on any atom is 0.257 e. The van der Waals surface area contributed by atoms with Gasteiger partial charge in [0.1, 0.15) is 5.82 Å². The standard InChI is InChI=1S/C19H25N5O/c25-19(24-14-5-7-16(24)15-23-13-6-10-21-23)17-8-4-9-20-18(17)22-11-2-1-3-12-22/h4,6,8-10,13,16H,1-3,5,7,11-12,14-15H2. The van der Waals surface area contributed by atoms with Crippen LogP contribution in [0.3, 0.4) is 0 Å². The zero-order valence-electron chi connectivity index (χ0n) is 14.5. The third-order valence-corrected chi connectivity index (χ3v) is 5.27. The summed E-state index contributed by atoms with van der Waals surface area (Å²) in [5, 5.41) is 4.30. The average Bonchev–Trinajstić information content (AvgIpc) is 3.34. The fourth-order valence-electron chi connectivity index (χ4n) is 3.99. The van der Waals surface area contributed by atoms with Crippen molar-refractivity contribution in [1.82, 2.24) is 19.7 Å². The molecule has 1 atom stereocenters. The molecule has 0 spiro atoms. The summed E-state index contributed by atoms with van der Waals surface area (Å²) in [5.41, 5.74) is 0.747. The molecule has 25 heavy (non-hydrogen) atoms. The molecule has 6 nitrogen and oxygen atoms in total. The predicted octanol–water partition coefficient (Wildman–Crippen LogP) is 2.57. The zero-order valence-corrected chi connectivity index (χ0v) is 14.5. The van der Waals surface area contributed by atoms with Crippen LogP contribution in [-0.4, -0.2) is 51.2 Å². The summed E-state index contributed by atoms with van der Waals surface area (Å²) in [7, 11) is 0. The topological polar surface area (TPSA) is 54.3 Å². The predicted molar refractivity (Wildman–Crippen MR) is 96.6 cm³/mol. The van der Waals surface area contributed by atoms with Crippen LogP contribution in [0, 0.1) is 0 Å². The Balaban J connectivity index is 1.55. The molecule has 0 radical (unpaired) electrons. The molecule has 1 unspecified atom stereocenters. The summed E-state index contributed by atoms with van der Waals surface area (Å²) < 4.78 is 1.92. The second-order valence-electron chi connectivity index (χ2n) is 6.94. The third-order valence-electron chi connectivity index (χ3n) is 5.27. The van der Waals surface area contributed by atoms with Crippen molar-refractivity contribution in [3.63, 3.8) is 0 Å². The van der Waals surface area contributed by atoms with E-state index in [9.17, 15) is 4.79 Å². The lowest BCUT2D eigenvalue weighted by Gasteiger charge is -2.31. The van der Waals surface area contributed by atoms with Crippen LogP contribution in [0.25, 0.3) is 0 Å². The van der Waals surface area contributed by atoms with Crippen LogP contribution in [-0.2, 0) is 6.54 Å². The van der Waals surface area contributed by atoms with Crippen LogP contribution < -0.4 is 4.90 Å². The van der Waals surface area contributed by atoms with Crippen molar-refractivity contribution < 1.29 is 4.79 Å². The largest absolute Gasteiger partial charge is 0.356 e. The Labute approximate surface area is 148 Å². The maximum atomic E-state index is 13.3. The first-order valence-corrected chi connectivity index (χ1v) is 9.31. The molecule has 2 aromatic heterocycles. The van der Waals surface area contributed by atoms with Gasteiger partial charge >= 0.3 is 0 Å². The first kappa shape index (κ1) is 16.1. The number of nitrogens with zero attached hydrogens (tertiary/aromatic N) is 5. The van der Waals surface area contributed by atoms with Gasteiger partial charge in [-0.25, -0.2) is 4.98 Å². The fraction of sp³-hybridized carbons (Fsp3) is 0.526. The number of rotatable bonds is 4. The van der Waals surface area contributed by atoms with E-state index < -0.39 is 0 Å². The van der Waals surface area contributed by atoms with E-state index in [1.165, 1.54) is 19.3 Å². The van der Waals surface area contributed by atoms with Crippen molar-refractivity contribution in [1.29, 1.82) is 0 Å². The molecule has 0 N–H and O–H groups in total. The van der Waals surface area contributed by atoms with E-state index in [4.69, 9.17) is 0 Å². The molecule has 2 aromatic rings. The molecule has 4 rings (SSSR count). The Morgan fingerprint density at radius 1 is 1.08 bits per heavy atom. The highest BCUT2D eigenvalue weighted by molar-refractivity contribution is 5.99. The molecule has 0 aromatic carbocycles. The number of carbonyl (C=O) groups excluding carboxylic acids is 1. The number of hydrogen-bond acceptors (Lipinski definition) is 4. The molecule has 0 saturated carbocycles. The van der Waals surface area contributed by atoms with E-state index in [0.717, 1.165) is 50.4 Å². The lowest BCUT2D eigenvalue weighted by molar-refractivity contribution is 0.0722. The number of likely N-dealkylation sites (tertiary alicyclic amines) is 1. The number of anilines is 1. The molecular formula is C19H25N5O. The number of amides is 1. The molecule has 1 amide bonds. The van der Waals surface area contributed by atoms with E-state index in [2.05, 4.69) is 15.0 Å². The zero-order chi connectivity index (χ0) is 17.1. The van der Waals surface area contributed by atoms with E-state index >= 15 is 0 Å². The molecule has 0 aliphatic carbocycles. The Morgan fingerprint density at radius 2 is 1.96 bits per heavy atom. The number of aromatic nitrogens is 3. The minimum absolute atomic E-state index is 0.114. The van der Waals surface area contributed by atoms with Gasteiger partial charge in [0.2, 0.25) is 0 Å². The van der Waals surface area contributed by atoms with E-state index in [1.54, 1.807) is 12.4 Å². The summed E-state index contributed by atoms with van der Waals surface area (Å²) in [4.78, 5) is 22.1.